The number of nitriles is 1. The minimum atomic E-state index is -0.504. The molecule has 2 fully saturated rings. The van der Waals surface area contributed by atoms with E-state index in [9.17, 15) is 9.18 Å². The molecule has 0 radical (unpaired) electrons. The van der Waals surface area contributed by atoms with Gasteiger partial charge in [-0.1, -0.05) is 0 Å². The number of nitrogens with zero attached hydrogens (tertiary/aromatic N) is 4. The number of nitrogens with two attached hydrogens (primary N) is 1. The Labute approximate surface area is 133 Å². The molecule has 8 heteroatoms. The predicted molar refractivity (Wildman–Crippen MR) is 82.5 cm³/mol. The maximum absolute atomic E-state index is 14.4. The first-order valence-electron chi connectivity index (χ1n) is 7.49. The molecule has 0 aliphatic carbocycles. The van der Waals surface area contributed by atoms with Crippen molar-refractivity contribution in [1.82, 2.24) is 4.90 Å². The number of benzene rings is 1. The molecule has 1 aromatic carbocycles. The van der Waals surface area contributed by atoms with E-state index in [4.69, 9.17) is 15.7 Å². The van der Waals surface area contributed by atoms with Crippen molar-refractivity contribution in [2.24, 2.45) is 5.73 Å². The third kappa shape index (κ3) is 3.00. The number of piperazine rings is 1. The largest absolute Gasteiger partial charge is 0.443 e. The van der Waals surface area contributed by atoms with Crippen molar-refractivity contribution in [2.45, 2.75) is 6.10 Å². The molecule has 3 rings (SSSR count). The van der Waals surface area contributed by atoms with Gasteiger partial charge in [0.1, 0.15) is 11.9 Å². The Balaban J connectivity index is 1.74. The van der Waals surface area contributed by atoms with Crippen LogP contribution in [0.4, 0.5) is 20.6 Å². The molecule has 0 unspecified atom stereocenters. The van der Waals surface area contributed by atoms with E-state index in [-0.39, 0.29) is 12.6 Å². The lowest BCUT2D eigenvalue weighted by molar-refractivity contribution is 0.145. The second kappa shape index (κ2) is 6.30. The van der Waals surface area contributed by atoms with Crippen LogP contribution in [0.1, 0.15) is 0 Å². The second-order valence-corrected chi connectivity index (χ2v) is 5.56. The number of halogens is 1. The van der Waals surface area contributed by atoms with Crippen molar-refractivity contribution in [2.75, 3.05) is 49.1 Å². The molecule has 2 saturated heterocycles. The molecule has 0 bridgehead atoms. The van der Waals surface area contributed by atoms with E-state index >= 15 is 0 Å². The van der Waals surface area contributed by atoms with Gasteiger partial charge in [0.15, 0.2) is 6.19 Å². The van der Waals surface area contributed by atoms with Gasteiger partial charge in [0, 0.05) is 32.7 Å². The number of rotatable bonds is 3. The average Bonchev–Trinajstić information content (AvgIpc) is 2.96. The monoisotopic (exact) mass is 319 g/mol. The highest BCUT2D eigenvalue weighted by atomic mass is 19.1. The zero-order valence-electron chi connectivity index (χ0n) is 12.6. The number of carbonyl (C=O) groups is 1. The molecule has 0 saturated carbocycles. The molecule has 2 aliphatic heterocycles. The fraction of sp³-hybridized carbons (Fsp3) is 0.467. The first kappa shape index (κ1) is 15.4. The van der Waals surface area contributed by atoms with Crippen molar-refractivity contribution < 1.29 is 13.9 Å². The maximum Gasteiger partial charge on any atom is 0.414 e. The second-order valence-electron chi connectivity index (χ2n) is 5.56. The summed E-state index contributed by atoms with van der Waals surface area (Å²) < 4.78 is 19.5. The number of cyclic esters (lactones) is 1. The van der Waals surface area contributed by atoms with Crippen LogP contribution in [-0.4, -0.2) is 56.4 Å². The van der Waals surface area contributed by atoms with E-state index in [1.807, 2.05) is 4.90 Å². The number of carbonyl (C=O) groups excluding carboxylic acids is 1. The van der Waals surface area contributed by atoms with Crippen molar-refractivity contribution in [3.63, 3.8) is 0 Å². The standard InChI is InChI=1S/C15H18FN5O2/c16-13-7-11(21-9-12(8-17)23-15(21)22)1-2-14(13)20-5-3-19(10-18)4-6-20/h1-2,7,12H,3-6,8-9,17H2/t12-/m0/s1. The van der Waals surface area contributed by atoms with Crippen LogP contribution in [0, 0.1) is 17.3 Å². The predicted octanol–water partition coefficient (Wildman–Crippen LogP) is 0.713. The van der Waals surface area contributed by atoms with Gasteiger partial charge in [-0.2, -0.15) is 5.26 Å². The lowest BCUT2D eigenvalue weighted by Crippen LogP contribution is -2.44. The van der Waals surface area contributed by atoms with Gasteiger partial charge >= 0.3 is 6.09 Å². The van der Waals surface area contributed by atoms with E-state index in [1.54, 1.807) is 17.0 Å². The van der Waals surface area contributed by atoms with Gasteiger partial charge in [-0.3, -0.25) is 4.90 Å². The van der Waals surface area contributed by atoms with E-state index in [0.717, 1.165) is 0 Å². The minimum absolute atomic E-state index is 0.242. The van der Waals surface area contributed by atoms with Crippen LogP contribution in [0.25, 0.3) is 0 Å². The normalized spacial score (nSPS) is 21.3. The van der Waals surface area contributed by atoms with Crippen molar-refractivity contribution in [1.29, 1.82) is 5.26 Å². The topological polar surface area (TPSA) is 85.8 Å². The molecular weight excluding hydrogens is 301 g/mol. The molecular formula is C15H18FN5O2. The number of hydrogen-bond acceptors (Lipinski definition) is 6. The summed E-state index contributed by atoms with van der Waals surface area (Å²) >= 11 is 0. The minimum Gasteiger partial charge on any atom is -0.443 e. The molecule has 1 aromatic rings. The molecule has 2 N–H and O–H groups in total. The Kier molecular flexibility index (Phi) is 4.21. The maximum atomic E-state index is 14.4. The van der Waals surface area contributed by atoms with Crippen LogP contribution in [0.15, 0.2) is 18.2 Å². The molecule has 0 spiro atoms. The first-order valence-corrected chi connectivity index (χ1v) is 7.49. The van der Waals surface area contributed by atoms with E-state index in [0.29, 0.717) is 44.1 Å². The Morgan fingerprint density at radius 1 is 1.35 bits per heavy atom. The SMILES string of the molecule is N#CN1CCN(c2ccc(N3C[C@H](CN)OC3=O)cc2F)CC1. The van der Waals surface area contributed by atoms with Gasteiger partial charge in [0.25, 0.3) is 0 Å². The highest BCUT2D eigenvalue weighted by molar-refractivity contribution is 5.90. The van der Waals surface area contributed by atoms with E-state index in [2.05, 4.69) is 6.19 Å². The van der Waals surface area contributed by atoms with Gasteiger partial charge in [0.2, 0.25) is 0 Å². The summed E-state index contributed by atoms with van der Waals surface area (Å²) in [6, 6.07) is 4.71. The lowest BCUT2D eigenvalue weighted by atomic mass is 10.2. The summed E-state index contributed by atoms with van der Waals surface area (Å²) in [4.78, 5) is 16.7. The van der Waals surface area contributed by atoms with E-state index < -0.39 is 11.9 Å². The highest BCUT2D eigenvalue weighted by Crippen LogP contribution is 2.28. The molecule has 122 valence electrons. The zero-order chi connectivity index (χ0) is 16.4. The number of anilines is 2. The van der Waals surface area contributed by atoms with Crippen molar-refractivity contribution in [3.8, 4) is 6.19 Å². The fourth-order valence-electron chi connectivity index (χ4n) is 2.82. The Bertz CT molecular complexity index is 639. The van der Waals surface area contributed by atoms with Crippen LogP contribution < -0.4 is 15.5 Å². The van der Waals surface area contributed by atoms with Gasteiger partial charge in [-0.25, -0.2) is 9.18 Å². The third-order valence-corrected chi connectivity index (χ3v) is 4.14. The Morgan fingerprint density at radius 2 is 2.09 bits per heavy atom. The fourth-order valence-corrected chi connectivity index (χ4v) is 2.82. The third-order valence-electron chi connectivity index (χ3n) is 4.14. The summed E-state index contributed by atoms with van der Waals surface area (Å²) in [5.41, 5.74) is 6.44. The van der Waals surface area contributed by atoms with Crippen LogP contribution in [0.2, 0.25) is 0 Å². The molecule has 1 amide bonds. The number of ether oxygens (including phenoxy) is 1. The van der Waals surface area contributed by atoms with E-state index in [1.165, 1.54) is 11.0 Å². The smallest absolute Gasteiger partial charge is 0.414 e. The van der Waals surface area contributed by atoms with Crippen LogP contribution >= 0.6 is 0 Å². The molecule has 0 aromatic heterocycles. The zero-order valence-corrected chi connectivity index (χ0v) is 12.6. The quantitative estimate of drug-likeness (QED) is 0.826. The van der Waals surface area contributed by atoms with Crippen LogP contribution in [-0.2, 0) is 4.74 Å². The molecule has 23 heavy (non-hydrogen) atoms. The van der Waals surface area contributed by atoms with Crippen molar-refractivity contribution >= 4 is 17.5 Å². The molecule has 2 heterocycles. The van der Waals surface area contributed by atoms with Crippen LogP contribution in [0.3, 0.4) is 0 Å². The number of hydrogen-bond donors (Lipinski definition) is 1. The summed E-state index contributed by atoms with van der Waals surface area (Å²) in [6.07, 6.45) is 1.23. The summed E-state index contributed by atoms with van der Waals surface area (Å²) in [7, 11) is 0. The number of amides is 1. The molecule has 1 atom stereocenters. The Hall–Kier alpha value is -2.53. The van der Waals surface area contributed by atoms with Gasteiger partial charge in [-0.15, -0.1) is 0 Å². The summed E-state index contributed by atoms with van der Waals surface area (Å²) in [5.74, 6) is -0.392. The highest BCUT2D eigenvalue weighted by Gasteiger charge is 2.32. The van der Waals surface area contributed by atoms with Gasteiger partial charge in [-0.05, 0) is 18.2 Å². The average molecular weight is 319 g/mol. The van der Waals surface area contributed by atoms with Gasteiger partial charge in [0.05, 0.1) is 17.9 Å². The Morgan fingerprint density at radius 3 is 2.65 bits per heavy atom. The summed E-state index contributed by atoms with van der Waals surface area (Å²) in [6.45, 7) is 2.90. The molecule has 7 nitrogen and oxygen atoms in total. The first-order chi connectivity index (χ1) is 11.1. The van der Waals surface area contributed by atoms with Crippen molar-refractivity contribution in [3.05, 3.63) is 24.0 Å². The summed E-state index contributed by atoms with van der Waals surface area (Å²) in [5, 5.41) is 8.85. The molecule has 2 aliphatic rings. The van der Waals surface area contributed by atoms with Gasteiger partial charge < -0.3 is 20.3 Å². The lowest BCUT2D eigenvalue weighted by Gasteiger charge is -2.33. The van der Waals surface area contributed by atoms with Crippen LogP contribution in [0.5, 0.6) is 0 Å².